The van der Waals surface area contributed by atoms with Crippen LogP contribution in [0.25, 0.3) is 78.8 Å². The maximum absolute atomic E-state index is 5.38. The van der Waals surface area contributed by atoms with Crippen LogP contribution in [-0.4, -0.2) is 24.9 Å². The molecule has 3 saturated carbocycles. The zero-order valence-electron chi connectivity index (χ0n) is 29.1. The van der Waals surface area contributed by atoms with Crippen molar-refractivity contribution in [3.8, 4) is 68.1 Å². The van der Waals surface area contributed by atoms with Crippen LogP contribution in [-0.2, 0) is 5.41 Å². The van der Waals surface area contributed by atoms with Gasteiger partial charge in [0.25, 0.3) is 0 Å². The average molecular weight is 682 g/mol. The Morgan fingerprint density at radius 1 is 0.415 bits per heavy atom. The molecule has 3 aliphatic rings. The van der Waals surface area contributed by atoms with E-state index in [9.17, 15) is 0 Å². The van der Waals surface area contributed by atoms with E-state index in [1.165, 1.54) is 24.8 Å². The van der Waals surface area contributed by atoms with Crippen molar-refractivity contribution in [3.05, 3.63) is 163 Å². The van der Waals surface area contributed by atoms with Crippen LogP contribution in [0.3, 0.4) is 0 Å². The third kappa shape index (κ3) is 4.95. The Morgan fingerprint density at radius 2 is 0.962 bits per heavy atom. The quantitative estimate of drug-likeness (QED) is 0.167. The summed E-state index contributed by atoms with van der Waals surface area (Å²) in [5.41, 5.74) is 9.59. The van der Waals surface area contributed by atoms with Gasteiger partial charge in [0.05, 0.1) is 11.4 Å². The van der Waals surface area contributed by atoms with Gasteiger partial charge in [-0.2, -0.15) is 0 Å². The average Bonchev–Trinajstić information content (AvgIpc) is 3.23. The maximum Gasteiger partial charge on any atom is 0.164 e. The molecular weight excluding hydrogens is 647 g/mol. The number of rotatable bonds is 7. The van der Waals surface area contributed by atoms with E-state index in [1.54, 1.807) is 0 Å². The van der Waals surface area contributed by atoms with E-state index >= 15 is 0 Å². The second-order valence-corrected chi connectivity index (χ2v) is 15.0. The van der Waals surface area contributed by atoms with Gasteiger partial charge in [-0.3, -0.25) is 0 Å². The zero-order valence-corrected chi connectivity index (χ0v) is 29.1. The molecule has 2 atom stereocenters. The first-order valence-electron chi connectivity index (χ1n) is 18.6. The molecule has 6 aromatic carbocycles. The monoisotopic (exact) mass is 681 g/mol. The van der Waals surface area contributed by atoms with Crippen molar-refractivity contribution in [1.29, 1.82) is 0 Å². The van der Waals surface area contributed by atoms with Crippen LogP contribution in [0.15, 0.2) is 158 Å². The molecule has 2 aromatic heterocycles. The predicted molar refractivity (Wildman–Crippen MR) is 212 cm³/mol. The van der Waals surface area contributed by atoms with Gasteiger partial charge < -0.3 is 0 Å². The molecule has 0 spiro atoms. The summed E-state index contributed by atoms with van der Waals surface area (Å²) < 4.78 is 0. The summed E-state index contributed by atoms with van der Waals surface area (Å²) in [5.74, 6) is 5.33. The number of fused-ring (bicyclic) bond motifs is 1. The normalized spacial score (nSPS) is 20.9. The first-order chi connectivity index (χ1) is 26.2. The summed E-state index contributed by atoms with van der Waals surface area (Å²) >= 11 is 0. The molecule has 5 heteroatoms. The lowest BCUT2D eigenvalue weighted by Gasteiger charge is -2.76. The van der Waals surface area contributed by atoms with Crippen molar-refractivity contribution in [2.45, 2.75) is 24.7 Å². The van der Waals surface area contributed by atoms with E-state index in [-0.39, 0.29) is 0 Å². The van der Waals surface area contributed by atoms with E-state index in [0.29, 0.717) is 28.7 Å². The summed E-state index contributed by atoms with van der Waals surface area (Å²) in [6, 6.07) is 54.8. The lowest BCUT2D eigenvalue weighted by Crippen LogP contribution is -2.71. The van der Waals surface area contributed by atoms with Crippen LogP contribution in [0.1, 0.15) is 24.8 Å². The first kappa shape index (κ1) is 30.3. The van der Waals surface area contributed by atoms with Crippen molar-refractivity contribution in [3.63, 3.8) is 0 Å². The van der Waals surface area contributed by atoms with E-state index in [1.807, 2.05) is 66.7 Å². The fourth-order valence-electron chi connectivity index (χ4n) is 9.62. The smallest absolute Gasteiger partial charge is 0.164 e. The predicted octanol–water partition coefficient (Wildman–Crippen LogP) is 11.1. The lowest BCUT2D eigenvalue weighted by molar-refractivity contribution is -0.219. The molecule has 252 valence electrons. The van der Waals surface area contributed by atoms with Gasteiger partial charge in [0.2, 0.25) is 0 Å². The molecule has 0 bridgehead atoms. The van der Waals surface area contributed by atoms with Gasteiger partial charge in [0.15, 0.2) is 23.3 Å². The molecule has 8 aromatic rings. The Kier molecular flexibility index (Phi) is 6.78. The van der Waals surface area contributed by atoms with Gasteiger partial charge in [-0.15, -0.1) is 0 Å². The van der Waals surface area contributed by atoms with Crippen molar-refractivity contribution in [2.24, 2.45) is 17.8 Å². The van der Waals surface area contributed by atoms with Gasteiger partial charge in [-0.05, 0) is 83.0 Å². The van der Waals surface area contributed by atoms with Gasteiger partial charge >= 0.3 is 0 Å². The van der Waals surface area contributed by atoms with Crippen LogP contribution in [0.2, 0.25) is 0 Å². The molecule has 3 aliphatic carbocycles. The van der Waals surface area contributed by atoms with Crippen molar-refractivity contribution in [1.82, 2.24) is 24.9 Å². The molecule has 0 N–H and O–H groups in total. The Hall–Kier alpha value is -6.33. The molecule has 53 heavy (non-hydrogen) atoms. The van der Waals surface area contributed by atoms with E-state index in [4.69, 9.17) is 24.9 Å². The second kappa shape index (κ2) is 11.9. The highest BCUT2D eigenvalue weighted by Gasteiger charge is 2.71. The second-order valence-electron chi connectivity index (χ2n) is 15.0. The van der Waals surface area contributed by atoms with Crippen LogP contribution in [0.5, 0.6) is 0 Å². The standard InChI is InChI=1S/C48H35N5/c1-4-13-30(14-5-1)41-27-42(34-20-12-21-38(25-34)48-28-36-24-37(29-48)43(36)48)50-47(49-41)40-26-35(23-33-19-10-11-22-39(33)40)46-52-44(31-15-6-2-7-16-31)51-45(53-46)32-17-8-3-9-18-32/h1-23,25-27,36-37,43H,24,28-29H2. The molecule has 0 radical (unpaired) electrons. The third-order valence-electron chi connectivity index (χ3n) is 12.1. The van der Waals surface area contributed by atoms with Gasteiger partial charge in [-0.1, -0.05) is 133 Å². The van der Waals surface area contributed by atoms with Crippen LogP contribution in [0, 0.1) is 17.8 Å². The van der Waals surface area contributed by atoms with Gasteiger partial charge in [0.1, 0.15) is 0 Å². The molecule has 0 aliphatic heterocycles. The number of hydrogen-bond acceptors (Lipinski definition) is 5. The minimum absolute atomic E-state index is 0.383. The summed E-state index contributed by atoms with van der Waals surface area (Å²) in [5, 5.41) is 2.14. The van der Waals surface area contributed by atoms with Crippen molar-refractivity contribution < 1.29 is 0 Å². The number of benzene rings is 6. The minimum atomic E-state index is 0.383. The molecule has 0 amide bonds. The van der Waals surface area contributed by atoms with E-state index < -0.39 is 0 Å². The third-order valence-corrected chi connectivity index (χ3v) is 12.1. The molecular formula is C48H35N5. The van der Waals surface area contributed by atoms with E-state index in [2.05, 4.69) is 91.0 Å². The fraction of sp³-hybridized carbons (Fsp3) is 0.146. The fourth-order valence-corrected chi connectivity index (χ4v) is 9.62. The Balaban J connectivity index is 1.10. The van der Waals surface area contributed by atoms with Gasteiger partial charge in [-0.25, -0.2) is 24.9 Å². The Labute approximate surface area is 308 Å². The summed E-state index contributed by atoms with van der Waals surface area (Å²) in [6.07, 6.45) is 4.13. The van der Waals surface area contributed by atoms with Crippen LogP contribution in [0.4, 0.5) is 0 Å². The minimum Gasteiger partial charge on any atom is -0.228 e. The SMILES string of the molecule is c1ccc(-c2cc(-c3cccc(C45CC6CC(C4)C65)c3)nc(-c3cc(-c4nc(-c5ccccc5)nc(-c5ccccc5)n4)cc4ccccc34)n2)cc1. The summed E-state index contributed by atoms with van der Waals surface area (Å²) in [6.45, 7) is 0. The molecule has 2 unspecified atom stereocenters. The van der Waals surface area contributed by atoms with Gasteiger partial charge in [0, 0.05) is 33.4 Å². The molecule has 3 fully saturated rings. The van der Waals surface area contributed by atoms with Crippen molar-refractivity contribution in [2.75, 3.05) is 0 Å². The lowest BCUT2D eigenvalue weighted by atomic mass is 9.28. The number of hydrogen-bond donors (Lipinski definition) is 0. The molecule has 2 heterocycles. The Bertz CT molecular complexity index is 2600. The summed E-state index contributed by atoms with van der Waals surface area (Å²) in [7, 11) is 0. The summed E-state index contributed by atoms with van der Waals surface area (Å²) in [4.78, 5) is 25.8. The first-order valence-corrected chi connectivity index (χ1v) is 18.6. The highest BCUT2D eigenvalue weighted by atomic mass is 15.0. The number of nitrogens with zero attached hydrogens (tertiary/aromatic N) is 5. The maximum atomic E-state index is 5.38. The highest BCUT2D eigenvalue weighted by molar-refractivity contribution is 5.99. The molecule has 0 saturated heterocycles. The largest absolute Gasteiger partial charge is 0.228 e. The molecule has 5 nitrogen and oxygen atoms in total. The van der Waals surface area contributed by atoms with E-state index in [0.717, 1.165) is 73.3 Å². The topological polar surface area (TPSA) is 64.5 Å². The van der Waals surface area contributed by atoms with Crippen LogP contribution < -0.4 is 0 Å². The molecule has 11 rings (SSSR count). The highest BCUT2D eigenvalue weighted by Crippen LogP contribution is 2.77. The van der Waals surface area contributed by atoms with Crippen molar-refractivity contribution >= 4 is 10.8 Å². The van der Waals surface area contributed by atoms with Crippen LogP contribution >= 0.6 is 0 Å². The Morgan fingerprint density at radius 3 is 1.58 bits per heavy atom. The zero-order chi connectivity index (χ0) is 34.9. The number of aromatic nitrogens is 5.